The number of benzene rings is 2. The number of hydrogen-bond donors (Lipinski definition) is 1. The van der Waals surface area contributed by atoms with Crippen molar-refractivity contribution in [3.63, 3.8) is 0 Å². The fourth-order valence-corrected chi connectivity index (χ4v) is 5.17. The maximum atomic E-state index is 12.8. The lowest BCUT2D eigenvalue weighted by Gasteiger charge is -2.40. The molecule has 32 heavy (non-hydrogen) atoms. The summed E-state index contributed by atoms with van der Waals surface area (Å²) in [5.41, 5.74) is 8.95. The van der Waals surface area contributed by atoms with Crippen LogP contribution in [-0.2, 0) is 5.41 Å². The molecular weight excluding hydrogens is 420 g/mol. The smallest absolute Gasteiger partial charge is 0.267 e. The van der Waals surface area contributed by atoms with E-state index < -0.39 is 0 Å². The van der Waals surface area contributed by atoms with E-state index in [0.717, 1.165) is 52.7 Å². The monoisotopic (exact) mass is 444 g/mol. The van der Waals surface area contributed by atoms with Gasteiger partial charge in [-0.1, -0.05) is 48.0 Å². The van der Waals surface area contributed by atoms with Gasteiger partial charge >= 0.3 is 0 Å². The van der Waals surface area contributed by atoms with Crippen molar-refractivity contribution in [1.82, 2.24) is 14.8 Å². The zero-order valence-corrected chi connectivity index (χ0v) is 18.5. The maximum Gasteiger partial charge on any atom is 0.267 e. The molecule has 0 amide bonds. The summed E-state index contributed by atoms with van der Waals surface area (Å²) in [7, 11) is 0. The predicted molar refractivity (Wildman–Crippen MR) is 129 cm³/mol. The van der Waals surface area contributed by atoms with Crippen LogP contribution < -0.4 is 11.3 Å². The largest absolute Gasteiger partial charge is 0.330 e. The first-order valence-electron chi connectivity index (χ1n) is 11.0. The second-order valence-corrected chi connectivity index (χ2v) is 9.07. The van der Waals surface area contributed by atoms with Gasteiger partial charge in [-0.05, 0) is 54.8 Å². The quantitative estimate of drug-likeness (QED) is 0.474. The van der Waals surface area contributed by atoms with Crippen molar-refractivity contribution in [2.75, 3.05) is 6.54 Å². The van der Waals surface area contributed by atoms with Gasteiger partial charge in [0.2, 0.25) is 0 Å². The van der Waals surface area contributed by atoms with E-state index in [4.69, 9.17) is 22.4 Å². The standard InChI is InChI=1S/C26H25ClN4O/c27-20-6-3-5-19(14-20)26(17-28)12-10-21(11-13-26)31-25(32)9-8-24(30-31)23-16-29-15-18-4-1-2-7-22(18)23/h1-9,14-16,21H,10-13,17,28H2/t21-,26-. The molecule has 1 fully saturated rings. The van der Waals surface area contributed by atoms with E-state index in [1.807, 2.05) is 48.8 Å². The molecule has 0 bridgehead atoms. The molecule has 1 aliphatic carbocycles. The second kappa shape index (κ2) is 8.49. The highest BCUT2D eigenvalue weighted by atomic mass is 35.5. The van der Waals surface area contributed by atoms with Gasteiger partial charge in [0.25, 0.3) is 5.56 Å². The van der Waals surface area contributed by atoms with Crippen molar-refractivity contribution in [1.29, 1.82) is 0 Å². The van der Waals surface area contributed by atoms with Gasteiger partial charge in [0.1, 0.15) is 0 Å². The number of halogens is 1. The Bertz CT molecular complexity index is 1320. The van der Waals surface area contributed by atoms with Crippen LogP contribution in [0.3, 0.4) is 0 Å². The van der Waals surface area contributed by atoms with E-state index in [-0.39, 0.29) is 17.0 Å². The highest BCUT2D eigenvalue weighted by Crippen LogP contribution is 2.42. The summed E-state index contributed by atoms with van der Waals surface area (Å²) in [5, 5.41) is 7.65. The van der Waals surface area contributed by atoms with E-state index >= 15 is 0 Å². The average Bonchev–Trinajstić information content (AvgIpc) is 2.84. The molecule has 0 aliphatic heterocycles. The molecule has 0 spiro atoms. The van der Waals surface area contributed by atoms with Crippen molar-refractivity contribution in [2.45, 2.75) is 37.1 Å². The lowest BCUT2D eigenvalue weighted by molar-refractivity contribution is 0.222. The molecule has 0 atom stereocenters. The van der Waals surface area contributed by atoms with Gasteiger partial charge in [0.15, 0.2) is 0 Å². The molecule has 162 valence electrons. The number of nitrogens with two attached hydrogens (primary N) is 1. The van der Waals surface area contributed by atoms with Crippen LogP contribution in [-0.4, -0.2) is 21.3 Å². The van der Waals surface area contributed by atoms with E-state index in [0.29, 0.717) is 6.54 Å². The molecule has 0 saturated heterocycles. The van der Waals surface area contributed by atoms with E-state index in [9.17, 15) is 4.79 Å². The van der Waals surface area contributed by atoms with Crippen LogP contribution in [0, 0.1) is 0 Å². The summed E-state index contributed by atoms with van der Waals surface area (Å²) < 4.78 is 1.66. The van der Waals surface area contributed by atoms with Gasteiger partial charge in [-0.25, -0.2) is 4.68 Å². The second-order valence-electron chi connectivity index (χ2n) is 8.64. The van der Waals surface area contributed by atoms with Crippen LogP contribution in [0.1, 0.15) is 37.3 Å². The molecule has 4 aromatic rings. The number of rotatable bonds is 4. The van der Waals surface area contributed by atoms with Crippen molar-refractivity contribution < 1.29 is 0 Å². The lowest BCUT2D eigenvalue weighted by atomic mass is 9.68. The third-order valence-corrected chi connectivity index (χ3v) is 7.09. The molecule has 5 nitrogen and oxygen atoms in total. The molecule has 6 heteroatoms. The molecular formula is C26H25ClN4O. The first kappa shape index (κ1) is 20.9. The SMILES string of the molecule is NC[C@]1(c2cccc(Cl)c2)CC[C@H](n2nc(-c3cncc4ccccc34)ccc2=O)CC1. The average molecular weight is 445 g/mol. The minimum Gasteiger partial charge on any atom is -0.330 e. The van der Waals surface area contributed by atoms with E-state index in [1.165, 1.54) is 5.56 Å². The first-order chi connectivity index (χ1) is 15.6. The minimum absolute atomic E-state index is 0.0456. The zero-order valence-electron chi connectivity index (χ0n) is 17.7. The van der Waals surface area contributed by atoms with Gasteiger partial charge in [-0.15, -0.1) is 0 Å². The lowest BCUT2D eigenvalue weighted by Crippen LogP contribution is -2.41. The first-order valence-corrected chi connectivity index (χ1v) is 11.4. The molecule has 2 heterocycles. The fraction of sp³-hybridized carbons (Fsp3) is 0.269. The van der Waals surface area contributed by atoms with Crippen molar-refractivity contribution in [2.24, 2.45) is 5.73 Å². The predicted octanol–water partition coefficient (Wildman–Crippen LogP) is 5.12. The van der Waals surface area contributed by atoms with Crippen LogP contribution in [0.25, 0.3) is 22.0 Å². The Morgan fingerprint density at radius 3 is 2.62 bits per heavy atom. The summed E-state index contributed by atoms with van der Waals surface area (Å²) in [6.07, 6.45) is 7.13. The van der Waals surface area contributed by atoms with Crippen molar-refractivity contribution >= 4 is 22.4 Å². The minimum atomic E-state index is -0.109. The van der Waals surface area contributed by atoms with Crippen LogP contribution >= 0.6 is 11.6 Å². The zero-order chi connectivity index (χ0) is 22.1. The Labute approximate surface area is 191 Å². The third-order valence-electron chi connectivity index (χ3n) is 6.86. The van der Waals surface area contributed by atoms with Gasteiger partial charge in [-0.2, -0.15) is 5.10 Å². The fourth-order valence-electron chi connectivity index (χ4n) is 4.98. The van der Waals surface area contributed by atoms with Crippen LogP contribution in [0.2, 0.25) is 5.02 Å². The number of pyridine rings is 1. The summed E-state index contributed by atoms with van der Waals surface area (Å²) in [4.78, 5) is 17.1. The maximum absolute atomic E-state index is 12.8. The Morgan fingerprint density at radius 2 is 1.84 bits per heavy atom. The molecule has 2 N–H and O–H groups in total. The Balaban J connectivity index is 1.46. The molecule has 0 unspecified atom stereocenters. The van der Waals surface area contributed by atoms with Crippen LogP contribution in [0.15, 0.2) is 77.9 Å². The molecule has 1 aliphatic rings. The summed E-state index contributed by atoms with van der Waals surface area (Å²) in [5.74, 6) is 0. The highest BCUT2D eigenvalue weighted by molar-refractivity contribution is 6.30. The van der Waals surface area contributed by atoms with Crippen LogP contribution in [0.4, 0.5) is 0 Å². The molecule has 1 saturated carbocycles. The number of aromatic nitrogens is 3. The normalized spacial score (nSPS) is 21.0. The molecule has 5 rings (SSSR count). The molecule has 2 aromatic heterocycles. The number of nitrogens with zero attached hydrogens (tertiary/aromatic N) is 3. The van der Waals surface area contributed by atoms with E-state index in [2.05, 4.69) is 17.1 Å². The molecule has 0 radical (unpaired) electrons. The van der Waals surface area contributed by atoms with E-state index in [1.54, 1.807) is 16.8 Å². The van der Waals surface area contributed by atoms with Crippen LogP contribution in [0.5, 0.6) is 0 Å². The van der Waals surface area contributed by atoms with Gasteiger partial charge in [0, 0.05) is 46.4 Å². The van der Waals surface area contributed by atoms with Gasteiger partial charge in [-0.3, -0.25) is 9.78 Å². The summed E-state index contributed by atoms with van der Waals surface area (Å²) in [6.45, 7) is 0.560. The highest BCUT2D eigenvalue weighted by Gasteiger charge is 2.37. The summed E-state index contributed by atoms with van der Waals surface area (Å²) in [6, 6.07) is 19.5. The summed E-state index contributed by atoms with van der Waals surface area (Å²) >= 11 is 6.24. The number of hydrogen-bond acceptors (Lipinski definition) is 4. The Kier molecular flexibility index (Phi) is 5.53. The third kappa shape index (κ3) is 3.72. The van der Waals surface area contributed by atoms with Gasteiger partial charge in [0.05, 0.1) is 11.7 Å². The number of fused-ring (bicyclic) bond motifs is 1. The Morgan fingerprint density at radius 1 is 1.03 bits per heavy atom. The van der Waals surface area contributed by atoms with Gasteiger partial charge < -0.3 is 5.73 Å². The molecule has 2 aromatic carbocycles. The Hall–Kier alpha value is -3.02. The van der Waals surface area contributed by atoms with Crippen molar-refractivity contribution in [3.8, 4) is 11.3 Å². The topological polar surface area (TPSA) is 73.8 Å². The van der Waals surface area contributed by atoms with Crippen molar-refractivity contribution in [3.05, 3.63) is 94.0 Å².